The lowest BCUT2D eigenvalue weighted by atomic mass is 9.35. The van der Waals surface area contributed by atoms with Gasteiger partial charge in [-0.25, -0.2) is 0 Å². The zero-order chi connectivity index (χ0) is 40.2. The van der Waals surface area contributed by atoms with Gasteiger partial charge in [0, 0.05) is 48.5 Å². The molecule has 0 spiro atoms. The van der Waals surface area contributed by atoms with Crippen molar-refractivity contribution in [2.45, 2.75) is 9.79 Å². The Morgan fingerprint density at radius 2 is 0.918 bits per heavy atom. The average molecular weight is 794 g/mol. The van der Waals surface area contributed by atoms with Gasteiger partial charge in [0.05, 0.1) is 39.0 Å². The summed E-state index contributed by atoms with van der Waals surface area (Å²) in [6.07, 6.45) is 0. The van der Waals surface area contributed by atoms with Gasteiger partial charge in [-0.15, -0.1) is 0 Å². The van der Waals surface area contributed by atoms with E-state index in [0.29, 0.717) is 5.56 Å². The summed E-state index contributed by atoms with van der Waals surface area (Å²) >= 11 is 1.69. The number of rotatable bonds is 4. The highest BCUT2D eigenvalue weighted by atomic mass is 32.2. The van der Waals surface area contributed by atoms with Crippen LogP contribution in [0.5, 0.6) is 11.5 Å². The fourth-order valence-electron chi connectivity index (χ4n) is 10.1. The van der Waals surface area contributed by atoms with Crippen molar-refractivity contribution in [2.75, 3.05) is 0 Å². The molecule has 11 aromatic rings. The molecule has 13 rings (SSSR count). The third kappa shape index (κ3) is 4.96. The maximum absolute atomic E-state index is 10.6. The molecule has 0 bridgehead atoms. The minimum Gasteiger partial charge on any atom is -0.458 e. The van der Waals surface area contributed by atoms with E-state index in [9.17, 15) is 5.26 Å². The Morgan fingerprint density at radius 3 is 1.43 bits per heavy atom. The van der Waals surface area contributed by atoms with Gasteiger partial charge in [0.2, 0.25) is 0 Å². The third-order valence-corrected chi connectivity index (χ3v) is 13.9. The van der Waals surface area contributed by atoms with Crippen molar-refractivity contribution >= 4 is 78.5 Å². The predicted molar refractivity (Wildman–Crippen MR) is 252 cm³/mol. The van der Waals surface area contributed by atoms with Crippen molar-refractivity contribution in [3.8, 4) is 51.2 Å². The van der Waals surface area contributed by atoms with Crippen molar-refractivity contribution < 1.29 is 4.74 Å². The molecule has 0 atom stereocenters. The molecular formula is C55H32BN3OS. The third-order valence-electron chi connectivity index (χ3n) is 12.7. The van der Waals surface area contributed by atoms with Crippen LogP contribution in [0.15, 0.2) is 204 Å². The molecule has 0 saturated heterocycles. The van der Waals surface area contributed by atoms with Crippen LogP contribution in [0.1, 0.15) is 5.56 Å². The maximum atomic E-state index is 10.6. The second-order valence-corrected chi connectivity index (χ2v) is 16.9. The van der Waals surface area contributed by atoms with Gasteiger partial charge in [0.25, 0.3) is 6.71 Å². The first kappa shape index (κ1) is 34.2. The summed E-state index contributed by atoms with van der Waals surface area (Å²) in [5.41, 5.74) is 15.3. The lowest BCUT2D eigenvalue weighted by Crippen LogP contribution is -2.58. The number of hydrogen-bond acceptors (Lipinski definition) is 3. The second kappa shape index (κ2) is 13.1. The van der Waals surface area contributed by atoms with Gasteiger partial charge in [-0.3, -0.25) is 0 Å². The Balaban J connectivity index is 1.12. The van der Waals surface area contributed by atoms with Crippen LogP contribution in [0.2, 0.25) is 0 Å². The zero-order valence-corrected chi connectivity index (χ0v) is 33.5. The molecule has 2 aliphatic heterocycles. The summed E-state index contributed by atoms with van der Waals surface area (Å²) in [6, 6.07) is 72.0. The van der Waals surface area contributed by atoms with Crippen molar-refractivity contribution in [1.29, 1.82) is 5.26 Å². The molecule has 0 amide bonds. The first-order valence-corrected chi connectivity index (χ1v) is 21.4. The fraction of sp³-hybridized carbons (Fsp3) is 0. The first-order chi connectivity index (χ1) is 30.2. The molecule has 0 unspecified atom stereocenters. The van der Waals surface area contributed by atoms with E-state index in [1.807, 2.05) is 12.1 Å². The molecule has 4 heterocycles. The number of nitriles is 1. The number of hydrogen-bond donors (Lipinski definition) is 0. The Morgan fingerprint density at radius 1 is 0.459 bits per heavy atom. The van der Waals surface area contributed by atoms with E-state index in [0.717, 1.165) is 87.9 Å². The number of para-hydroxylation sites is 4. The SMILES string of the molecule is N#Cc1ccc2c3c1Sc1cc(-n4c5ccccc5c5ccccc54)c(-c4ccccc4)cc1B3c1cc(-c3ccccc3)c(-n3c4ccccc4c4ccccc43)cc1O2. The topological polar surface area (TPSA) is 42.9 Å². The van der Waals surface area contributed by atoms with Crippen molar-refractivity contribution in [3.05, 3.63) is 200 Å². The molecule has 0 fully saturated rings. The summed E-state index contributed by atoms with van der Waals surface area (Å²) in [7, 11) is 0. The van der Waals surface area contributed by atoms with Crippen LogP contribution in [-0.2, 0) is 0 Å². The van der Waals surface area contributed by atoms with E-state index in [1.54, 1.807) is 11.8 Å². The smallest absolute Gasteiger partial charge is 0.253 e. The van der Waals surface area contributed by atoms with Gasteiger partial charge < -0.3 is 13.9 Å². The lowest BCUT2D eigenvalue weighted by molar-refractivity contribution is 0.486. The Kier molecular flexibility index (Phi) is 7.36. The first-order valence-electron chi connectivity index (χ1n) is 20.6. The average Bonchev–Trinajstić information content (AvgIpc) is 3.84. The van der Waals surface area contributed by atoms with Crippen LogP contribution >= 0.6 is 11.8 Å². The molecule has 2 aromatic heterocycles. The molecular weight excluding hydrogens is 762 g/mol. The van der Waals surface area contributed by atoms with E-state index in [4.69, 9.17) is 4.74 Å². The highest BCUT2D eigenvalue weighted by molar-refractivity contribution is 8.00. The van der Waals surface area contributed by atoms with Crippen LogP contribution in [0.4, 0.5) is 0 Å². The van der Waals surface area contributed by atoms with E-state index < -0.39 is 0 Å². The molecule has 0 saturated carbocycles. The van der Waals surface area contributed by atoms with Crippen molar-refractivity contribution in [1.82, 2.24) is 9.13 Å². The number of benzene rings is 9. The van der Waals surface area contributed by atoms with Crippen LogP contribution in [0.3, 0.4) is 0 Å². The highest BCUT2D eigenvalue weighted by Gasteiger charge is 2.42. The summed E-state index contributed by atoms with van der Waals surface area (Å²) in [6.45, 7) is -0.192. The van der Waals surface area contributed by atoms with E-state index in [2.05, 4.69) is 197 Å². The number of ether oxygens (including phenoxy) is 1. The predicted octanol–water partition coefficient (Wildman–Crippen LogP) is 12.2. The van der Waals surface area contributed by atoms with E-state index >= 15 is 0 Å². The largest absolute Gasteiger partial charge is 0.458 e. The van der Waals surface area contributed by atoms with E-state index in [1.165, 1.54) is 27.0 Å². The molecule has 6 heteroatoms. The van der Waals surface area contributed by atoms with Gasteiger partial charge in [-0.05, 0) is 64.5 Å². The highest BCUT2D eigenvalue weighted by Crippen LogP contribution is 2.45. The van der Waals surface area contributed by atoms with Crippen LogP contribution < -0.4 is 21.1 Å². The molecule has 4 nitrogen and oxygen atoms in total. The Bertz CT molecular complexity index is 3520. The van der Waals surface area contributed by atoms with E-state index in [-0.39, 0.29) is 6.71 Å². The molecule has 0 aliphatic carbocycles. The van der Waals surface area contributed by atoms with Crippen LogP contribution in [0.25, 0.3) is 77.2 Å². The fourth-order valence-corrected chi connectivity index (χ4v) is 11.3. The standard InChI is InChI=1S/C55H32BN3OS/c57-33-36-27-28-51-54-55(36)61-53-32-50(59-47-25-13-9-21-39(47)40-22-10-14-26-48(40)59)42(35-17-5-2-6-18-35)30-44(53)56(54)43-29-41(34-15-3-1-4-16-34)49(31-52(43)60-51)58-45-23-11-7-19-37(45)38-20-8-12-24-46(38)58/h1-32H. The molecule has 0 radical (unpaired) electrons. The van der Waals surface area contributed by atoms with Crippen LogP contribution in [-0.4, -0.2) is 15.8 Å². The lowest BCUT2D eigenvalue weighted by Gasteiger charge is -2.35. The molecule has 282 valence electrons. The monoisotopic (exact) mass is 793 g/mol. The minimum absolute atomic E-state index is 0.192. The number of nitrogens with zero attached hydrogens (tertiary/aromatic N) is 3. The molecule has 9 aromatic carbocycles. The van der Waals surface area contributed by atoms with Gasteiger partial charge in [-0.2, -0.15) is 5.26 Å². The van der Waals surface area contributed by atoms with Gasteiger partial charge in [0.1, 0.15) is 17.6 Å². The molecule has 2 aliphatic rings. The van der Waals surface area contributed by atoms with Gasteiger partial charge in [0.15, 0.2) is 0 Å². The zero-order valence-electron chi connectivity index (χ0n) is 32.7. The van der Waals surface area contributed by atoms with Crippen molar-refractivity contribution in [2.24, 2.45) is 0 Å². The van der Waals surface area contributed by atoms with Gasteiger partial charge >= 0.3 is 0 Å². The molecule has 0 N–H and O–H groups in total. The Labute approximate surface area is 356 Å². The number of fused-ring (bicyclic) bond motifs is 10. The normalized spacial score (nSPS) is 12.6. The van der Waals surface area contributed by atoms with Gasteiger partial charge in [-0.1, -0.05) is 163 Å². The maximum Gasteiger partial charge on any atom is 0.253 e. The number of aromatic nitrogens is 2. The summed E-state index contributed by atoms with van der Waals surface area (Å²) in [5.74, 6) is 1.60. The van der Waals surface area contributed by atoms with Crippen molar-refractivity contribution in [3.63, 3.8) is 0 Å². The minimum atomic E-state index is -0.192. The quantitative estimate of drug-likeness (QED) is 0.167. The Hall–Kier alpha value is -7.72. The summed E-state index contributed by atoms with van der Waals surface area (Å²) < 4.78 is 11.9. The molecule has 61 heavy (non-hydrogen) atoms. The van der Waals surface area contributed by atoms with Crippen LogP contribution in [0, 0.1) is 11.3 Å². The second-order valence-electron chi connectivity index (χ2n) is 15.9. The summed E-state index contributed by atoms with van der Waals surface area (Å²) in [5, 5.41) is 15.5. The summed E-state index contributed by atoms with van der Waals surface area (Å²) in [4.78, 5) is 2.08.